The van der Waals surface area contributed by atoms with Gasteiger partial charge in [-0.15, -0.1) is 5.10 Å². The SMILES string of the molecule is COC(=O)C1=C(C)N(c2cccc(C(F)(F)F)c2)c2nn(CC(=O)N(C)CCCCN(C)C)c(=O)n2C1c1ccc(C#N)cc1. The van der Waals surface area contributed by atoms with Gasteiger partial charge in [-0.3, -0.25) is 9.69 Å². The lowest BCUT2D eigenvalue weighted by Crippen LogP contribution is -2.39. The van der Waals surface area contributed by atoms with Crippen molar-refractivity contribution in [2.24, 2.45) is 0 Å². The van der Waals surface area contributed by atoms with Crippen LogP contribution in [0, 0.1) is 11.3 Å². The molecule has 45 heavy (non-hydrogen) atoms. The van der Waals surface area contributed by atoms with Crippen molar-refractivity contribution in [1.82, 2.24) is 24.1 Å². The van der Waals surface area contributed by atoms with E-state index in [9.17, 15) is 32.8 Å². The molecule has 0 N–H and O–H groups in total. The van der Waals surface area contributed by atoms with E-state index in [1.807, 2.05) is 25.1 Å². The smallest absolute Gasteiger partial charge is 0.416 e. The number of unbranched alkanes of at least 4 members (excludes halogenated alkanes) is 1. The van der Waals surface area contributed by atoms with Gasteiger partial charge in [0.1, 0.15) is 12.6 Å². The van der Waals surface area contributed by atoms with Gasteiger partial charge in [-0.25, -0.2) is 18.8 Å². The van der Waals surface area contributed by atoms with E-state index in [1.54, 1.807) is 19.2 Å². The van der Waals surface area contributed by atoms with Gasteiger partial charge >= 0.3 is 17.8 Å². The maximum absolute atomic E-state index is 14.0. The Hall–Kier alpha value is -4.90. The van der Waals surface area contributed by atoms with Gasteiger partial charge in [0.2, 0.25) is 11.9 Å². The quantitative estimate of drug-likeness (QED) is 0.246. The number of likely N-dealkylation sites (N-methyl/N-ethyl adjacent to an activating group) is 1. The van der Waals surface area contributed by atoms with Crippen LogP contribution in [0.2, 0.25) is 0 Å². The summed E-state index contributed by atoms with van der Waals surface area (Å²) in [6.07, 6.45) is -3.06. The number of methoxy groups -OCH3 is 1. The number of ether oxygens (including phenoxy) is 1. The van der Waals surface area contributed by atoms with Crippen molar-refractivity contribution in [3.63, 3.8) is 0 Å². The minimum absolute atomic E-state index is 0.00950. The number of rotatable bonds is 10. The third kappa shape index (κ3) is 6.93. The van der Waals surface area contributed by atoms with Crippen LogP contribution in [0.4, 0.5) is 24.8 Å². The van der Waals surface area contributed by atoms with Crippen LogP contribution in [0.1, 0.15) is 42.5 Å². The first-order valence-corrected chi connectivity index (χ1v) is 14.1. The molecule has 11 nitrogen and oxygen atoms in total. The summed E-state index contributed by atoms with van der Waals surface area (Å²) in [5.41, 5.74) is -0.819. The molecule has 1 aliphatic heterocycles. The Balaban J connectivity index is 1.87. The van der Waals surface area contributed by atoms with Gasteiger partial charge < -0.3 is 14.5 Å². The number of allylic oxidation sites excluding steroid dienone is 1. The fourth-order valence-electron chi connectivity index (χ4n) is 5.19. The highest BCUT2D eigenvalue weighted by Gasteiger charge is 2.41. The molecule has 238 valence electrons. The standard InChI is InChI=1S/C31H34F3N7O4/c1-20-26(28(43)45-5)27(22-13-11-21(18-35)12-14-22)41-29(40(20)24-10-8-9-23(17-24)31(32,33)34)36-39(30(41)44)19-25(42)38(4)16-7-6-15-37(2)3/h8-14,17,27H,6-7,15-16,19H2,1-5H3. The average molecular weight is 626 g/mol. The Morgan fingerprint density at radius 3 is 2.33 bits per heavy atom. The van der Waals surface area contributed by atoms with Gasteiger partial charge in [-0.05, 0) is 76.3 Å². The normalized spacial score (nSPS) is 14.8. The molecule has 1 amide bonds. The van der Waals surface area contributed by atoms with Crippen LogP contribution >= 0.6 is 0 Å². The highest BCUT2D eigenvalue weighted by molar-refractivity contribution is 5.93. The van der Waals surface area contributed by atoms with Gasteiger partial charge in [0.15, 0.2) is 0 Å². The molecule has 1 unspecified atom stereocenters. The molecule has 14 heteroatoms. The topological polar surface area (TPSA) is 117 Å². The predicted molar refractivity (Wildman–Crippen MR) is 160 cm³/mol. The van der Waals surface area contributed by atoms with Crippen molar-refractivity contribution >= 4 is 23.5 Å². The van der Waals surface area contributed by atoms with Crippen LogP contribution in [-0.4, -0.2) is 77.4 Å². The monoisotopic (exact) mass is 625 g/mol. The Labute approximate surface area is 258 Å². The van der Waals surface area contributed by atoms with Crippen molar-refractivity contribution in [3.05, 3.63) is 87.0 Å². The van der Waals surface area contributed by atoms with Crippen LogP contribution in [0.5, 0.6) is 0 Å². The number of hydrogen-bond donors (Lipinski definition) is 0. The van der Waals surface area contributed by atoms with Crippen molar-refractivity contribution < 1.29 is 27.5 Å². The fourth-order valence-corrected chi connectivity index (χ4v) is 5.19. The fraction of sp³-hybridized carbons (Fsp3) is 0.387. The molecule has 4 rings (SSSR count). The van der Waals surface area contributed by atoms with Crippen LogP contribution in [0.3, 0.4) is 0 Å². The van der Waals surface area contributed by atoms with Gasteiger partial charge in [-0.1, -0.05) is 18.2 Å². The van der Waals surface area contributed by atoms with E-state index >= 15 is 0 Å². The van der Waals surface area contributed by atoms with Gasteiger partial charge in [0.05, 0.1) is 29.9 Å². The summed E-state index contributed by atoms with van der Waals surface area (Å²) < 4.78 is 48.3. The van der Waals surface area contributed by atoms with Crippen LogP contribution in [0.25, 0.3) is 0 Å². The third-order valence-electron chi connectivity index (χ3n) is 7.56. The molecule has 0 spiro atoms. The molecular formula is C31H34F3N7O4. The van der Waals surface area contributed by atoms with Crippen molar-refractivity contribution in [2.75, 3.05) is 46.2 Å². The number of aromatic nitrogens is 3. The molecule has 2 aromatic carbocycles. The minimum Gasteiger partial charge on any atom is -0.466 e. The maximum Gasteiger partial charge on any atom is 0.416 e. The van der Waals surface area contributed by atoms with Crippen LogP contribution < -0.4 is 10.6 Å². The molecule has 0 radical (unpaired) electrons. The Bertz CT molecular complexity index is 1700. The Morgan fingerprint density at radius 1 is 1.07 bits per heavy atom. The molecular weight excluding hydrogens is 591 g/mol. The second kappa shape index (κ2) is 13.4. The number of fused-ring (bicyclic) bond motifs is 1. The average Bonchev–Trinajstić information content (AvgIpc) is 3.32. The van der Waals surface area contributed by atoms with Crippen molar-refractivity contribution in [3.8, 4) is 6.07 Å². The van der Waals surface area contributed by atoms with Gasteiger partial charge in [0.25, 0.3) is 0 Å². The first kappa shape index (κ1) is 33.0. The highest BCUT2D eigenvalue weighted by Crippen LogP contribution is 2.43. The maximum atomic E-state index is 14.0. The lowest BCUT2D eigenvalue weighted by Gasteiger charge is -2.35. The molecule has 2 heterocycles. The summed E-state index contributed by atoms with van der Waals surface area (Å²) in [5, 5.41) is 13.7. The molecule has 0 bridgehead atoms. The molecule has 0 fully saturated rings. The minimum atomic E-state index is -4.66. The van der Waals surface area contributed by atoms with Crippen molar-refractivity contribution in [1.29, 1.82) is 5.26 Å². The number of nitrogens with zero attached hydrogens (tertiary/aromatic N) is 7. The number of halogens is 3. The second-order valence-electron chi connectivity index (χ2n) is 10.9. The van der Waals surface area contributed by atoms with Crippen LogP contribution in [-0.2, 0) is 27.0 Å². The first-order chi connectivity index (χ1) is 21.3. The molecule has 0 saturated heterocycles. The third-order valence-corrected chi connectivity index (χ3v) is 7.56. The Morgan fingerprint density at radius 2 is 1.73 bits per heavy atom. The van der Waals surface area contributed by atoms with E-state index in [0.717, 1.165) is 47.9 Å². The summed E-state index contributed by atoms with van der Waals surface area (Å²) in [6.45, 7) is 2.38. The number of carbonyl (C=O) groups excluding carboxylic acids is 2. The summed E-state index contributed by atoms with van der Waals surface area (Å²) >= 11 is 0. The van der Waals surface area contributed by atoms with Gasteiger partial charge in [-0.2, -0.15) is 18.4 Å². The number of esters is 1. The summed E-state index contributed by atoms with van der Waals surface area (Å²) in [5.74, 6) is -1.31. The highest BCUT2D eigenvalue weighted by atomic mass is 19.4. The molecule has 1 atom stereocenters. The molecule has 1 aromatic heterocycles. The summed E-state index contributed by atoms with van der Waals surface area (Å²) in [6, 6.07) is 11.5. The number of nitriles is 1. The largest absolute Gasteiger partial charge is 0.466 e. The van der Waals surface area contributed by atoms with E-state index in [0.29, 0.717) is 17.7 Å². The zero-order valence-corrected chi connectivity index (χ0v) is 25.6. The molecule has 0 saturated carbocycles. The lowest BCUT2D eigenvalue weighted by atomic mass is 9.93. The molecule has 3 aromatic rings. The van der Waals surface area contributed by atoms with Crippen LogP contribution in [0.15, 0.2) is 64.6 Å². The number of carbonyl (C=O) groups is 2. The van der Waals surface area contributed by atoms with E-state index in [4.69, 9.17) is 4.74 Å². The number of anilines is 2. The summed E-state index contributed by atoms with van der Waals surface area (Å²) in [4.78, 5) is 45.3. The van der Waals surface area contributed by atoms with E-state index < -0.39 is 41.9 Å². The number of hydrogen-bond acceptors (Lipinski definition) is 8. The molecule has 1 aliphatic rings. The summed E-state index contributed by atoms with van der Waals surface area (Å²) in [7, 11) is 6.69. The number of amides is 1. The zero-order valence-electron chi connectivity index (χ0n) is 25.6. The lowest BCUT2D eigenvalue weighted by molar-refractivity contribution is -0.138. The van der Waals surface area contributed by atoms with E-state index in [1.165, 1.54) is 41.0 Å². The van der Waals surface area contributed by atoms with E-state index in [2.05, 4.69) is 5.10 Å². The Kier molecular flexibility index (Phi) is 9.82. The van der Waals surface area contributed by atoms with Crippen molar-refractivity contribution in [2.45, 2.75) is 38.5 Å². The predicted octanol–water partition coefficient (Wildman–Crippen LogP) is 3.92. The van der Waals surface area contributed by atoms with Gasteiger partial charge in [0, 0.05) is 25.0 Å². The number of alkyl halides is 3. The first-order valence-electron chi connectivity index (χ1n) is 14.1. The van der Waals surface area contributed by atoms with E-state index in [-0.39, 0.29) is 22.9 Å². The molecule has 0 aliphatic carbocycles. The number of benzene rings is 2. The second-order valence-corrected chi connectivity index (χ2v) is 10.9. The zero-order chi connectivity index (χ0) is 33.1.